The number of rotatable bonds is 3. The molecule has 1 nitrogen and oxygen atoms in total. The lowest BCUT2D eigenvalue weighted by atomic mass is 9.96. The first kappa shape index (κ1) is 13.1. The van der Waals surface area contributed by atoms with E-state index in [9.17, 15) is 5.11 Å². The Kier molecular flexibility index (Phi) is 4.05. The summed E-state index contributed by atoms with van der Waals surface area (Å²) in [6.07, 6.45) is 0.146. The molecule has 0 saturated heterocycles. The highest BCUT2D eigenvalue weighted by Crippen LogP contribution is 2.23. The molecule has 0 aromatic heterocycles. The van der Waals surface area contributed by atoms with Gasteiger partial charge in [-0.3, -0.25) is 0 Å². The summed E-state index contributed by atoms with van der Waals surface area (Å²) in [6, 6.07) is 13.8. The van der Waals surface area contributed by atoms with Gasteiger partial charge in [0.1, 0.15) is 0 Å². The van der Waals surface area contributed by atoms with E-state index in [0.29, 0.717) is 6.42 Å². The van der Waals surface area contributed by atoms with Crippen LogP contribution in [0.15, 0.2) is 42.5 Å². The average Bonchev–Trinajstić information content (AvgIpc) is 2.35. The van der Waals surface area contributed by atoms with Gasteiger partial charge in [-0.05, 0) is 42.7 Å². The predicted octanol–water partition coefficient (Wildman–Crippen LogP) is 4.23. The Labute approximate surface area is 113 Å². The molecule has 94 valence electrons. The van der Waals surface area contributed by atoms with Crippen LogP contribution in [-0.4, -0.2) is 5.11 Å². The van der Waals surface area contributed by atoms with Gasteiger partial charge in [0.15, 0.2) is 0 Å². The van der Waals surface area contributed by atoms with E-state index in [1.54, 1.807) is 0 Å². The minimum Gasteiger partial charge on any atom is -0.388 e. The van der Waals surface area contributed by atoms with Gasteiger partial charge in [0.25, 0.3) is 0 Å². The molecule has 0 bridgehead atoms. The quantitative estimate of drug-likeness (QED) is 0.876. The number of halogens is 1. The summed E-state index contributed by atoms with van der Waals surface area (Å²) in [5.41, 5.74) is 4.39. The molecule has 2 aromatic carbocycles. The van der Waals surface area contributed by atoms with Crippen LogP contribution in [0.3, 0.4) is 0 Å². The smallest absolute Gasteiger partial charge is 0.0833 e. The Hall–Kier alpha value is -1.31. The Balaban J connectivity index is 2.18. The second-order valence-electron chi connectivity index (χ2n) is 4.71. The van der Waals surface area contributed by atoms with Gasteiger partial charge in [0, 0.05) is 11.4 Å². The SMILES string of the molecule is Cc1ccc(C)c(C(O)Cc2ccc(Cl)cc2)c1. The first-order chi connectivity index (χ1) is 8.56. The van der Waals surface area contributed by atoms with Gasteiger partial charge in [-0.15, -0.1) is 0 Å². The zero-order valence-electron chi connectivity index (χ0n) is 10.7. The lowest BCUT2D eigenvalue weighted by molar-refractivity contribution is 0.177. The van der Waals surface area contributed by atoms with E-state index in [-0.39, 0.29) is 0 Å². The van der Waals surface area contributed by atoms with Crippen LogP contribution >= 0.6 is 11.6 Å². The maximum atomic E-state index is 10.3. The van der Waals surface area contributed by atoms with Crippen molar-refractivity contribution in [1.82, 2.24) is 0 Å². The van der Waals surface area contributed by atoms with Crippen molar-refractivity contribution in [3.63, 3.8) is 0 Å². The Morgan fingerprint density at radius 1 is 1.06 bits per heavy atom. The summed E-state index contributed by atoms with van der Waals surface area (Å²) in [4.78, 5) is 0. The second-order valence-corrected chi connectivity index (χ2v) is 5.14. The summed E-state index contributed by atoms with van der Waals surface area (Å²) in [7, 11) is 0. The fourth-order valence-electron chi connectivity index (χ4n) is 2.07. The Morgan fingerprint density at radius 3 is 2.39 bits per heavy atom. The summed E-state index contributed by atoms with van der Waals surface area (Å²) >= 11 is 5.85. The normalized spacial score (nSPS) is 12.4. The van der Waals surface area contributed by atoms with E-state index in [0.717, 1.165) is 21.7 Å². The molecule has 18 heavy (non-hydrogen) atoms. The van der Waals surface area contributed by atoms with Crippen LogP contribution in [0.25, 0.3) is 0 Å². The van der Waals surface area contributed by atoms with Gasteiger partial charge in [0.05, 0.1) is 6.10 Å². The van der Waals surface area contributed by atoms with Crippen LogP contribution in [-0.2, 0) is 6.42 Å². The fourth-order valence-corrected chi connectivity index (χ4v) is 2.20. The number of aliphatic hydroxyl groups is 1. The third-order valence-corrected chi connectivity index (χ3v) is 3.39. The maximum absolute atomic E-state index is 10.3. The van der Waals surface area contributed by atoms with Crippen molar-refractivity contribution in [2.45, 2.75) is 26.4 Å². The number of benzene rings is 2. The molecule has 0 radical (unpaired) electrons. The van der Waals surface area contributed by atoms with Crippen LogP contribution in [0, 0.1) is 13.8 Å². The summed E-state index contributed by atoms with van der Waals surface area (Å²) in [5.74, 6) is 0. The van der Waals surface area contributed by atoms with Crippen molar-refractivity contribution >= 4 is 11.6 Å². The molecule has 0 amide bonds. The molecule has 0 fully saturated rings. The number of hydrogen-bond acceptors (Lipinski definition) is 1. The summed E-state index contributed by atoms with van der Waals surface area (Å²) in [6.45, 7) is 4.07. The molecular weight excluding hydrogens is 244 g/mol. The molecule has 0 aliphatic rings. The molecule has 0 spiro atoms. The van der Waals surface area contributed by atoms with E-state index in [4.69, 9.17) is 11.6 Å². The first-order valence-corrected chi connectivity index (χ1v) is 6.44. The van der Waals surface area contributed by atoms with Crippen molar-refractivity contribution in [1.29, 1.82) is 0 Å². The molecule has 0 saturated carbocycles. The first-order valence-electron chi connectivity index (χ1n) is 6.06. The van der Waals surface area contributed by atoms with Gasteiger partial charge in [-0.2, -0.15) is 0 Å². The third kappa shape index (κ3) is 3.12. The zero-order valence-corrected chi connectivity index (χ0v) is 11.4. The molecule has 1 unspecified atom stereocenters. The zero-order chi connectivity index (χ0) is 13.1. The van der Waals surface area contributed by atoms with Gasteiger partial charge < -0.3 is 5.11 Å². The standard InChI is InChI=1S/C16H17ClO/c1-11-3-4-12(2)15(9-11)16(18)10-13-5-7-14(17)8-6-13/h3-9,16,18H,10H2,1-2H3. The lowest BCUT2D eigenvalue weighted by Gasteiger charge is -2.14. The van der Waals surface area contributed by atoms with Crippen molar-refractivity contribution in [3.05, 3.63) is 69.7 Å². The molecule has 1 atom stereocenters. The molecule has 0 aliphatic heterocycles. The average molecular weight is 261 g/mol. The van der Waals surface area contributed by atoms with Gasteiger partial charge in [-0.1, -0.05) is 47.5 Å². The second kappa shape index (κ2) is 5.55. The fraction of sp³-hybridized carbons (Fsp3) is 0.250. The highest BCUT2D eigenvalue weighted by Gasteiger charge is 2.11. The van der Waals surface area contributed by atoms with Gasteiger partial charge in [0.2, 0.25) is 0 Å². The Morgan fingerprint density at radius 2 is 1.72 bits per heavy atom. The Bertz CT molecular complexity index is 531. The largest absolute Gasteiger partial charge is 0.388 e. The van der Waals surface area contributed by atoms with Crippen molar-refractivity contribution < 1.29 is 5.11 Å². The highest BCUT2D eigenvalue weighted by atomic mass is 35.5. The number of hydrogen-bond donors (Lipinski definition) is 1. The highest BCUT2D eigenvalue weighted by molar-refractivity contribution is 6.30. The van der Waals surface area contributed by atoms with Crippen LogP contribution in [0.1, 0.15) is 28.4 Å². The molecule has 0 aliphatic carbocycles. The summed E-state index contributed by atoms with van der Waals surface area (Å²) < 4.78 is 0. The van der Waals surface area contributed by atoms with Crippen molar-refractivity contribution in [2.75, 3.05) is 0 Å². The third-order valence-electron chi connectivity index (χ3n) is 3.14. The molecular formula is C16H17ClO. The molecule has 2 heteroatoms. The number of aryl methyl sites for hydroxylation is 2. The van der Waals surface area contributed by atoms with E-state index in [1.807, 2.05) is 38.1 Å². The maximum Gasteiger partial charge on any atom is 0.0833 e. The van der Waals surface area contributed by atoms with Crippen LogP contribution < -0.4 is 0 Å². The van der Waals surface area contributed by atoms with Gasteiger partial charge >= 0.3 is 0 Å². The van der Waals surface area contributed by atoms with E-state index in [2.05, 4.69) is 18.2 Å². The molecule has 1 N–H and O–H groups in total. The van der Waals surface area contributed by atoms with Crippen molar-refractivity contribution in [3.8, 4) is 0 Å². The molecule has 2 aromatic rings. The predicted molar refractivity (Wildman–Crippen MR) is 76.0 cm³/mol. The topological polar surface area (TPSA) is 20.2 Å². The molecule has 2 rings (SSSR count). The van der Waals surface area contributed by atoms with E-state index in [1.165, 1.54) is 5.56 Å². The molecule has 0 heterocycles. The van der Waals surface area contributed by atoms with Crippen LogP contribution in [0.4, 0.5) is 0 Å². The minimum atomic E-state index is -0.467. The number of aliphatic hydroxyl groups excluding tert-OH is 1. The van der Waals surface area contributed by atoms with Gasteiger partial charge in [-0.25, -0.2) is 0 Å². The minimum absolute atomic E-state index is 0.467. The van der Waals surface area contributed by atoms with Crippen LogP contribution in [0.2, 0.25) is 5.02 Å². The van der Waals surface area contributed by atoms with Crippen LogP contribution in [0.5, 0.6) is 0 Å². The van der Waals surface area contributed by atoms with Crippen molar-refractivity contribution in [2.24, 2.45) is 0 Å². The van der Waals surface area contributed by atoms with E-state index < -0.39 is 6.10 Å². The lowest BCUT2D eigenvalue weighted by Crippen LogP contribution is -2.04. The summed E-state index contributed by atoms with van der Waals surface area (Å²) in [5, 5.41) is 11.0. The van der Waals surface area contributed by atoms with E-state index >= 15 is 0 Å². The monoisotopic (exact) mass is 260 g/mol.